The first kappa shape index (κ1) is 17.4. The molecule has 0 radical (unpaired) electrons. The number of rotatable bonds is 3. The molecule has 0 aliphatic heterocycles. The zero-order valence-corrected chi connectivity index (χ0v) is 15.1. The lowest BCUT2D eigenvalue weighted by atomic mass is 10.0. The van der Waals surface area contributed by atoms with E-state index in [2.05, 4.69) is 15.4 Å². The fourth-order valence-corrected chi connectivity index (χ4v) is 2.93. The van der Waals surface area contributed by atoms with Gasteiger partial charge >= 0.3 is 0 Å². The highest BCUT2D eigenvalue weighted by Crippen LogP contribution is 2.27. The van der Waals surface area contributed by atoms with Gasteiger partial charge in [-0.05, 0) is 37.1 Å². The van der Waals surface area contributed by atoms with E-state index in [4.69, 9.17) is 11.6 Å². The van der Waals surface area contributed by atoms with Crippen LogP contribution in [0.1, 0.15) is 41.5 Å². The number of amides is 1. The molecule has 0 saturated heterocycles. The van der Waals surface area contributed by atoms with Crippen molar-refractivity contribution >= 4 is 34.2 Å². The van der Waals surface area contributed by atoms with Crippen LogP contribution in [0, 0.1) is 12.7 Å². The lowest BCUT2D eigenvalue weighted by Gasteiger charge is -2.11. The number of aromatic nitrogens is 3. The molecule has 25 heavy (non-hydrogen) atoms. The summed E-state index contributed by atoms with van der Waals surface area (Å²) < 4.78 is 14.9. The maximum atomic E-state index is 13.2. The van der Waals surface area contributed by atoms with E-state index in [-0.39, 0.29) is 16.8 Å². The quantitative estimate of drug-likeness (QED) is 0.750. The Morgan fingerprint density at radius 1 is 1.32 bits per heavy atom. The van der Waals surface area contributed by atoms with Crippen LogP contribution in [-0.2, 0) is 7.05 Å². The van der Waals surface area contributed by atoms with Crippen LogP contribution < -0.4 is 5.32 Å². The molecular formula is C18H18ClFN4O. The molecule has 0 bridgehead atoms. The summed E-state index contributed by atoms with van der Waals surface area (Å²) in [5.41, 5.74) is 2.99. The van der Waals surface area contributed by atoms with Crippen LogP contribution in [-0.4, -0.2) is 20.7 Å². The van der Waals surface area contributed by atoms with Gasteiger partial charge in [-0.1, -0.05) is 25.4 Å². The van der Waals surface area contributed by atoms with Crippen LogP contribution in [0.25, 0.3) is 11.0 Å². The standard InChI is InChI=1S/C18H18ClFN4O/c1-9(2)15-8-12(16-10(3)23-24(4)17(16)21-15)18(25)22-14-6-5-11(20)7-13(14)19/h5-9H,1-4H3,(H,22,25). The molecule has 0 spiro atoms. The molecule has 5 nitrogen and oxygen atoms in total. The van der Waals surface area contributed by atoms with Crippen LogP contribution >= 0.6 is 11.6 Å². The molecule has 1 N–H and O–H groups in total. The summed E-state index contributed by atoms with van der Waals surface area (Å²) in [7, 11) is 1.80. The summed E-state index contributed by atoms with van der Waals surface area (Å²) >= 11 is 6.01. The normalized spacial score (nSPS) is 11.3. The van der Waals surface area contributed by atoms with Crippen molar-refractivity contribution in [2.45, 2.75) is 26.7 Å². The molecule has 1 aromatic carbocycles. The van der Waals surface area contributed by atoms with E-state index >= 15 is 0 Å². The largest absolute Gasteiger partial charge is 0.321 e. The summed E-state index contributed by atoms with van der Waals surface area (Å²) in [6.45, 7) is 5.85. The molecule has 7 heteroatoms. The lowest BCUT2D eigenvalue weighted by Crippen LogP contribution is -2.14. The number of anilines is 1. The first-order chi connectivity index (χ1) is 11.8. The van der Waals surface area contributed by atoms with Gasteiger partial charge < -0.3 is 5.32 Å². The minimum atomic E-state index is -0.459. The predicted molar refractivity (Wildman–Crippen MR) is 96.7 cm³/mol. The van der Waals surface area contributed by atoms with E-state index in [0.29, 0.717) is 22.3 Å². The van der Waals surface area contributed by atoms with Crippen LogP contribution in [0.4, 0.5) is 10.1 Å². The van der Waals surface area contributed by atoms with Gasteiger partial charge in [0, 0.05) is 12.7 Å². The molecule has 2 aromatic heterocycles. The highest BCUT2D eigenvalue weighted by Gasteiger charge is 2.20. The lowest BCUT2D eigenvalue weighted by molar-refractivity contribution is 0.102. The van der Waals surface area contributed by atoms with Crippen molar-refractivity contribution in [1.82, 2.24) is 14.8 Å². The SMILES string of the molecule is Cc1nn(C)c2nc(C(C)C)cc(C(=O)Nc3ccc(F)cc3Cl)c12. The first-order valence-corrected chi connectivity index (χ1v) is 8.26. The topological polar surface area (TPSA) is 59.8 Å². The van der Waals surface area contributed by atoms with E-state index in [1.54, 1.807) is 17.8 Å². The van der Waals surface area contributed by atoms with Gasteiger partial charge in [-0.25, -0.2) is 9.37 Å². The maximum absolute atomic E-state index is 13.2. The number of nitrogens with one attached hydrogen (secondary N) is 1. The average Bonchev–Trinajstić information content (AvgIpc) is 2.83. The Hall–Kier alpha value is -2.47. The van der Waals surface area contributed by atoms with Crippen molar-refractivity contribution in [2.75, 3.05) is 5.32 Å². The molecule has 0 fully saturated rings. The number of carbonyl (C=O) groups is 1. The number of nitrogens with zero attached hydrogens (tertiary/aromatic N) is 3. The highest BCUT2D eigenvalue weighted by atomic mass is 35.5. The molecule has 0 aliphatic carbocycles. The molecule has 1 amide bonds. The van der Waals surface area contributed by atoms with E-state index in [0.717, 1.165) is 17.5 Å². The average molecular weight is 361 g/mol. The Morgan fingerprint density at radius 3 is 2.68 bits per heavy atom. The molecule has 130 valence electrons. The van der Waals surface area contributed by atoms with Crippen LogP contribution in [0.15, 0.2) is 24.3 Å². The molecule has 3 rings (SSSR count). The van der Waals surface area contributed by atoms with Crippen LogP contribution in [0.5, 0.6) is 0 Å². The Labute approximate surface area is 149 Å². The van der Waals surface area contributed by atoms with Crippen molar-refractivity contribution < 1.29 is 9.18 Å². The molecule has 0 unspecified atom stereocenters. The summed E-state index contributed by atoms with van der Waals surface area (Å²) in [6.07, 6.45) is 0. The second kappa shape index (κ2) is 6.44. The second-order valence-corrected chi connectivity index (χ2v) is 6.64. The number of hydrogen-bond donors (Lipinski definition) is 1. The molecule has 0 atom stereocenters. The molecule has 3 aromatic rings. The van der Waals surface area contributed by atoms with Crippen LogP contribution in [0.3, 0.4) is 0 Å². The van der Waals surface area contributed by atoms with Gasteiger partial charge in [0.15, 0.2) is 5.65 Å². The first-order valence-electron chi connectivity index (χ1n) is 7.88. The summed E-state index contributed by atoms with van der Waals surface area (Å²) in [4.78, 5) is 17.5. The number of carbonyl (C=O) groups excluding carboxylic acids is 1. The Morgan fingerprint density at radius 2 is 2.04 bits per heavy atom. The summed E-state index contributed by atoms with van der Waals surface area (Å²) in [6, 6.07) is 5.62. The van der Waals surface area contributed by atoms with Gasteiger partial charge in [0.05, 0.1) is 27.4 Å². The highest BCUT2D eigenvalue weighted by molar-refractivity contribution is 6.34. The second-order valence-electron chi connectivity index (χ2n) is 6.24. The van der Waals surface area contributed by atoms with Crippen molar-refractivity contribution in [3.05, 3.63) is 52.1 Å². The fraction of sp³-hybridized carbons (Fsp3) is 0.278. The predicted octanol–water partition coefficient (Wildman–Crippen LogP) is 4.44. The number of benzene rings is 1. The third-order valence-electron chi connectivity index (χ3n) is 4.00. The van der Waals surface area contributed by atoms with E-state index in [1.165, 1.54) is 12.1 Å². The number of pyridine rings is 1. The molecule has 2 heterocycles. The Bertz CT molecular complexity index is 981. The smallest absolute Gasteiger partial charge is 0.256 e. The summed E-state index contributed by atoms with van der Waals surface area (Å²) in [5, 5.41) is 7.96. The molecule has 0 aliphatic rings. The molecular weight excluding hydrogens is 343 g/mol. The minimum absolute atomic E-state index is 0.144. The van der Waals surface area contributed by atoms with Gasteiger partial charge in [-0.3, -0.25) is 9.48 Å². The van der Waals surface area contributed by atoms with Gasteiger partial charge in [-0.15, -0.1) is 0 Å². The van der Waals surface area contributed by atoms with Gasteiger partial charge in [0.2, 0.25) is 0 Å². The number of aryl methyl sites for hydroxylation is 2. The zero-order chi connectivity index (χ0) is 18.3. The number of fused-ring (bicyclic) bond motifs is 1. The minimum Gasteiger partial charge on any atom is -0.321 e. The van der Waals surface area contributed by atoms with E-state index < -0.39 is 5.82 Å². The monoisotopic (exact) mass is 360 g/mol. The third kappa shape index (κ3) is 3.22. The van der Waals surface area contributed by atoms with Crippen molar-refractivity contribution in [2.24, 2.45) is 7.05 Å². The number of halogens is 2. The number of hydrogen-bond acceptors (Lipinski definition) is 3. The third-order valence-corrected chi connectivity index (χ3v) is 4.32. The van der Waals surface area contributed by atoms with Crippen LogP contribution in [0.2, 0.25) is 5.02 Å². The summed E-state index contributed by atoms with van der Waals surface area (Å²) in [5.74, 6) is -0.640. The van der Waals surface area contributed by atoms with Crippen molar-refractivity contribution in [3.8, 4) is 0 Å². The zero-order valence-electron chi connectivity index (χ0n) is 14.4. The van der Waals surface area contributed by atoms with E-state index in [1.807, 2.05) is 20.8 Å². The Kier molecular flexibility index (Phi) is 4.47. The van der Waals surface area contributed by atoms with Crippen molar-refractivity contribution in [3.63, 3.8) is 0 Å². The van der Waals surface area contributed by atoms with Gasteiger partial charge in [0.25, 0.3) is 5.91 Å². The van der Waals surface area contributed by atoms with E-state index in [9.17, 15) is 9.18 Å². The fourth-order valence-electron chi connectivity index (χ4n) is 2.72. The Balaban J connectivity index is 2.11. The maximum Gasteiger partial charge on any atom is 0.256 e. The molecule has 0 saturated carbocycles. The van der Waals surface area contributed by atoms with Gasteiger partial charge in [-0.2, -0.15) is 5.10 Å². The van der Waals surface area contributed by atoms with Crippen molar-refractivity contribution in [1.29, 1.82) is 0 Å². The van der Waals surface area contributed by atoms with Gasteiger partial charge in [0.1, 0.15) is 5.82 Å².